The van der Waals surface area contributed by atoms with E-state index in [9.17, 15) is 0 Å². The van der Waals surface area contributed by atoms with E-state index in [1.54, 1.807) is 6.20 Å². The van der Waals surface area contributed by atoms with Crippen molar-refractivity contribution in [2.75, 3.05) is 0 Å². The van der Waals surface area contributed by atoms with Gasteiger partial charge in [-0.25, -0.2) is 4.98 Å². The minimum Gasteiger partial charge on any atom is -0.337 e. The molecule has 1 unspecified atom stereocenters. The molecule has 0 radical (unpaired) electrons. The summed E-state index contributed by atoms with van der Waals surface area (Å²) in [6, 6.07) is -0.177. The highest BCUT2D eigenvalue weighted by atomic mass is 35.5. The maximum Gasteiger partial charge on any atom is 0.125 e. The van der Waals surface area contributed by atoms with Gasteiger partial charge in [0.25, 0.3) is 0 Å². The Kier molecular flexibility index (Phi) is 3.73. The number of hydrogen-bond acceptors (Lipinski definition) is 3. The lowest BCUT2D eigenvalue weighted by Crippen LogP contribution is -2.19. The van der Waals surface area contributed by atoms with E-state index in [0.717, 1.165) is 23.8 Å². The molecule has 1 atom stereocenters. The number of imidazole rings is 1. The van der Waals surface area contributed by atoms with Crippen LogP contribution in [0.15, 0.2) is 12.4 Å². The van der Waals surface area contributed by atoms with Crippen molar-refractivity contribution in [3.63, 3.8) is 0 Å². The monoisotopic (exact) mass is 267 g/mol. The highest BCUT2D eigenvalue weighted by Crippen LogP contribution is 2.24. The average molecular weight is 268 g/mol. The first-order chi connectivity index (χ1) is 8.54. The Labute approximate surface area is 112 Å². The molecular weight excluding hydrogens is 250 g/mol. The lowest BCUT2D eigenvalue weighted by Gasteiger charge is -2.13. The number of aromatic nitrogens is 4. The molecule has 0 amide bonds. The van der Waals surface area contributed by atoms with Gasteiger partial charge in [-0.15, -0.1) is 0 Å². The molecule has 0 saturated heterocycles. The number of halogens is 1. The van der Waals surface area contributed by atoms with Crippen molar-refractivity contribution in [2.24, 2.45) is 12.8 Å². The SMILES string of the molecule is CCn1nc(C)c(Cl)c1CC(N)c1nccn1C. The van der Waals surface area contributed by atoms with Crippen molar-refractivity contribution in [1.29, 1.82) is 0 Å². The highest BCUT2D eigenvalue weighted by Gasteiger charge is 2.18. The fraction of sp³-hybridized carbons (Fsp3) is 0.500. The molecule has 0 spiro atoms. The predicted octanol–water partition coefficient (Wildman–Crippen LogP) is 1.84. The molecule has 2 heterocycles. The fourth-order valence-corrected chi connectivity index (χ4v) is 2.31. The van der Waals surface area contributed by atoms with E-state index < -0.39 is 0 Å². The standard InChI is InChI=1S/C12H18ClN5/c1-4-18-10(11(13)8(2)16-18)7-9(14)12-15-5-6-17(12)3/h5-6,9H,4,7,14H2,1-3H3. The Morgan fingerprint density at radius 3 is 2.78 bits per heavy atom. The normalized spacial score (nSPS) is 12.9. The molecule has 2 aromatic heterocycles. The summed E-state index contributed by atoms with van der Waals surface area (Å²) in [7, 11) is 1.94. The van der Waals surface area contributed by atoms with Gasteiger partial charge >= 0.3 is 0 Å². The molecule has 2 N–H and O–H groups in total. The molecule has 5 nitrogen and oxygen atoms in total. The van der Waals surface area contributed by atoms with Crippen molar-refractivity contribution < 1.29 is 0 Å². The zero-order valence-corrected chi connectivity index (χ0v) is 11.6. The maximum atomic E-state index is 6.27. The molecule has 2 aromatic rings. The van der Waals surface area contributed by atoms with Gasteiger partial charge in [0.1, 0.15) is 5.82 Å². The molecular formula is C12H18ClN5. The smallest absolute Gasteiger partial charge is 0.125 e. The van der Waals surface area contributed by atoms with E-state index in [-0.39, 0.29) is 6.04 Å². The summed E-state index contributed by atoms with van der Waals surface area (Å²) < 4.78 is 3.83. The second kappa shape index (κ2) is 5.12. The molecule has 0 aliphatic carbocycles. The van der Waals surface area contributed by atoms with E-state index in [1.807, 2.05) is 36.3 Å². The van der Waals surface area contributed by atoms with Gasteiger partial charge in [-0.2, -0.15) is 5.10 Å². The van der Waals surface area contributed by atoms with Gasteiger partial charge in [-0.1, -0.05) is 11.6 Å². The van der Waals surface area contributed by atoms with Crippen LogP contribution in [-0.4, -0.2) is 19.3 Å². The molecule has 18 heavy (non-hydrogen) atoms. The van der Waals surface area contributed by atoms with Crippen LogP contribution in [0.1, 0.15) is 30.2 Å². The Bertz CT molecular complexity index is 543. The maximum absolute atomic E-state index is 6.27. The number of nitrogens with two attached hydrogens (primary N) is 1. The Hall–Kier alpha value is -1.33. The summed E-state index contributed by atoms with van der Waals surface area (Å²) >= 11 is 6.27. The van der Waals surface area contributed by atoms with Gasteiger partial charge in [0, 0.05) is 32.4 Å². The van der Waals surface area contributed by atoms with E-state index in [0.29, 0.717) is 11.4 Å². The zero-order valence-electron chi connectivity index (χ0n) is 10.9. The number of rotatable bonds is 4. The average Bonchev–Trinajstić information content (AvgIpc) is 2.87. The third kappa shape index (κ3) is 2.28. The molecule has 0 aliphatic rings. The van der Waals surface area contributed by atoms with Crippen molar-refractivity contribution in [3.8, 4) is 0 Å². The molecule has 0 aliphatic heterocycles. The van der Waals surface area contributed by atoms with Crippen LogP contribution in [0.4, 0.5) is 0 Å². The molecule has 98 valence electrons. The van der Waals surface area contributed by atoms with Gasteiger partial charge in [-0.05, 0) is 13.8 Å². The lowest BCUT2D eigenvalue weighted by atomic mass is 10.1. The van der Waals surface area contributed by atoms with Crippen LogP contribution >= 0.6 is 11.6 Å². The summed E-state index contributed by atoms with van der Waals surface area (Å²) in [6.07, 6.45) is 4.27. The van der Waals surface area contributed by atoms with Gasteiger partial charge in [0.15, 0.2) is 0 Å². The lowest BCUT2D eigenvalue weighted by molar-refractivity contribution is 0.565. The van der Waals surface area contributed by atoms with Crippen LogP contribution in [0.3, 0.4) is 0 Å². The van der Waals surface area contributed by atoms with Crippen LogP contribution in [-0.2, 0) is 20.0 Å². The minimum absolute atomic E-state index is 0.177. The number of hydrogen-bond donors (Lipinski definition) is 1. The van der Waals surface area contributed by atoms with E-state index in [4.69, 9.17) is 17.3 Å². The molecule has 0 fully saturated rings. The first-order valence-corrected chi connectivity index (χ1v) is 6.37. The third-order valence-electron chi connectivity index (χ3n) is 3.06. The summed E-state index contributed by atoms with van der Waals surface area (Å²) in [6.45, 7) is 4.74. The second-order valence-corrected chi connectivity index (χ2v) is 4.75. The summed E-state index contributed by atoms with van der Waals surface area (Å²) in [5, 5.41) is 5.10. The Morgan fingerprint density at radius 1 is 1.50 bits per heavy atom. The van der Waals surface area contributed by atoms with Crippen LogP contribution in [0.2, 0.25) is 5.02 Å². The molecule has 2 rings (SSSR count). The van der Waals surface area contributed by atoms with E-state index in [1.165, 1.54) is 0 Å². The summed E-state index contributed by atoms with van der Waals surface area (Å²) in [5.74, 6) is 0.854. The first-order valence-electron chi connectivity index (χ1n) is 5.99. The number of nitrogens with zero attached hydrogens (tertiary/aromatic N) is 4. The number of aryl methyl sites for hydroxylation is 3. The summed E-state index contributed by atoms with van der Waals surface area (Å²) in [5.41, 5.74) is 8.02. The van der Waals surface area contributed by atoms with Crippen LogP contribution in [0.25, 0.3) is 0 Å². The Morgan fingerprint density at radius 2 is 2.22 bits per heavy atom. The fourth-order valence-electron chi connectivity index (χ4n) is 2.10. The molecule has 0 saturated carbocycles. The third-order valence-corrected chi connectivity index (χ3v) is 3.55. The Balaban J connectivity index is 2.27. The van der Waals surface area contributed by atoms with Crippen LogP contribution in [0, 0.1) is 6.92 Å². The van der Waals surface area contributed by atoms with E-state index >= 15 is 0 Å². The van der Waals surface area contributed by atoms with Crippen LogP contribution in [0.5, 0.6) is 0 Å². The topological polar surface area (TPSA) is 61.7 Å². The van der Waals surface area contributed by atoms with Gasteiger partial charge < -0.3 is 10.3 Å². The van der Waals surface area contributed by atoms with Crippen molar-refractivity contribution in [3.05, 3.63) is 34.6 Å². The molecule has 0 aromatic carbocycles. The van der Waals surface area contributed by atoms with Crippen molar-refractivity contribution in [1.82, 2.24) is 19.3 Å². The van der Waals surface area contributed by atoms with Gasteiger partial charge in [0.2, 0.25) is 0 Å². The predicted molar refractivity (Wildman–Crippen MR) is 71.5 cm³/mol. The van der Waals surface area contributed by atoms with Gasteiger partial charge in [-0.3, -0.25) is 4.68 Å². The molecule has 6 heteroatoms. The minimum atomic E-state index is -0.177. The van der Waals surface area contributed by atoms with Crippen molar-refractivity contribution >= 4 is 11.6 Å². The zero-order chi connectivity index (χ0) is 13.3. The molecule has 0 bridgehead atoms. The van der Waals surface area contributed by atoms with Crippen LogP contribution < -0.4 is 5.73 Å². The van der Waals surface area contributed by atoms with Gasteiger partial charge in [0.05, 0.1) is 22.5 Å². The largest absolute Gasteiger partial charge is 0.337 e. The second-order valence-electron chi connectivity index (χ2n) is 4.37. The quantitative estimate of drug-likeness (QED) is 0.919. The summed E-state index contributed by atoms with van der Waals surface area (Å²) in [4.78, 5) is 4.27. The van der Waals surface area contributed by atoms with E-state index in [2.05, 4.69) is 10.1 Å². The first kappa shape index (κ1) is 13.1. The van der Waals surface area contributed by atoms with Crippen molar-refractivity contribution in [2.45, 2.75) is 32.9 Å². The highest BCUT2D eigenvalue weighted by molar-refractivity contribution is 6.31.